The normalized spacial score (nSPS) is 12.5. The molecule has 1 unspecified atom stereocenters. The standard InChI is InChI=1S/C15H30ClNO2/c1-4-5-6-7-8-9-10-11-12-17-15(18)19-14(16)13(2)3/h13-14H,4-12H2,1-3H3,(H,17,18). The van der Waals surface area contributed by atoms with Crippen molar-refractivity contribution in [2.75, 3.05) is 6.54 Å². The molecular weight excluding hydrogens is 262 g/mol. The summed E-state index contributed by atoms with van der Waals surface area (Å²) in [5.41, 5.74) is -0.543. The molecule has 0 rings (SSSR count). The first-order valence-electron chi connectivity index (χ1n) is 7.66. The summed E-state index contributed by atoms with van der Waals surface area (Å²) in [6, 6.07) is 0. The zero-order valence-corrected chi connectivity index (χ0v) is 13.5. The van der Waals surface area contributed by atoms with Crippen molar-refractivity contribution in [3.8, 4) is 0 Å². The summed E-state index contributed by atoms with van der Waals surface area (Å²) in [5.74, 6) is 0.135. The van der Waals surface area contributed by atoms with Crippen molar-refractivity contribution in [2.24, 2.45) is 5.92 Å². The number of ether oxygens (including phenoxy) is 1. The molecule has 0 heterocycles. The van der Waals surface area contributed by atoms with Gasteiger partial charge in [-0.1, -0.05) is 77.3 Å². The van der Waals surface area contributed by atoms with E-state index in [0.717, 1.165) is 6.42 Å². The zero-order chi connectivity index (χ0) is 14.5. The molecule has 19 heavy (non-hydrogen) atoms. The Labute approximate surface area is 123 Å². The predicted octanol–water partition coefficient (Wildman–Crippen LogP) is 5.07. The van der Waals surface area contributed by atoms with Crippen LogP contribution < -0.4 is 5.32 Å². The number of halogens is 1. The highest BCUT2D eigenvalue weighted by Crippen LogP contribution is 2.11. The molecule has 0 aromatic carbocycles. The second-order valence-electron chi connectivity index (χ2n) is 5.40. The molecule has 0 aromatic rings. The first-order chi connectivity index (χ1) is 9.07. The van der Waals surface area contributed by atoms with Crippen LogP contribution in [-0.4, -0.2) is 18.2 Å². The second-order valence-corrected chi connectivity index (χ2v) is 5.83. The van der Waals surface area contributed by atoms with Gasteiger partial charge in [-0.2, -0.15) is 0 Å². The van der Waals surface area contributed by atoms with Crippen molar-refractivity contribution < 1.29 is 9.53 Å². The maximum absolute atomic E-state index is 11.3. The van der Waals surface area contributed by atoms with Crippen LogP contribution in [0.1, 0.15) is 72.1 Å². The van der Waals surface area contributed by atoms with Crippen molar-refractivity contribution in [3.63, 3.8) is 0 Å². The lowest BCUT2D eigenvalue weighted by Gasteiger charge is -2.14. The zero-order valence-electron chi connectivity index (χ0n) is 12.7. The lowest BCUT2D eigenvalue weighted by atomic mass is 10.1. The molecular formula is C15H30ClNO2. The molecule has 1 N–H and O–H groups in total. The Kier molecular flexibility index (Phi) is 12.3. The third-order valence-corrected chi connectivity index (χ3v) is 3.64. The third-order valence-electron chi connectivity index (χ3n) is 3.04. The number of nitrogens with one attached hydrogen (secondary N) is 1. The molecule has 4 heteroatoms. The summed E-state index contributed by atoms with van der Waals surface area (Å²) >= 11 is 5.85. The fourth-order valence-electron chi connectivity index (χ4n) is 1.73. The molecule has 1 amide bonds. The molecule has 1 atom stereocenters. The van der Waals surface area contributed by atoms with E-state index in [4.69, 9.17) is 16.3 Å². The molecule has 0 spiro atoms. The predicted molar refractivity (Wildman–Crippen MR) is 81.6 cm³/mol. The van der Waals surface area contributed by atoms with Crippen molar-refractivity contribution in [1.82, 2.24) is 5.32 Å². The van der Waals surface area contributed by atoms with Gasteiger partial charge in [-0.05, 0) is 6.42 Å². The molecule has 3 nitrogen and oxygen atoms in total. The minimum atomic E-state index is -0.543. The number of hydrogen-bond donors (Lipinski definition) is 1. The van der Waals surface area contributed by atoms with Crippen molar-refractivity contribution in [1.29, 1.82) is 0 Å². The maximum atomic E-state index is 11.3. The van der Waals surface area contributed by atoms with Crippen molar-refractivity contribution in [3.05, 3.63) is 0 Å². The third kappa shape index (κ3) is 12.3. The van der Waals surface area contributed by atoms with Gasteiger partial charge in [-0.3, -0.25) is 0 Å². The Morgan fingerprint density at radius 3 is 2.11 bits per heavy atom. The number of alkyl carbamates (subject to hydrolysis) is 1. The largest absolute Gasteiger partial charge is 0.430 e. The van der Waals surface area contributed by atoms with Crippen LogP contribution in [0, 0.1) is 5.92 Å². The van der Waals surface area contributed by atoms with Gasteiger partial charge < -0.3 is 10.1 Å². The van der Waals surface area contributed by atoms with E-state index in [1.54, 1.807) is 0 Å². The molecule has 0 aromatic heterocycles. The average molecular weight is 292 g/mol. The minimum Gasteiger partial charge on any atom is -0.430 e. The number of carbonyl (C=O) groups is 1. The molecule has 0 aliphatic heterocycles. The Morgan fingerprint density at radius 1 is 1.05 bits per heavy atom. The number of hydrogen-bond acceptors (Lipinski definition) is 2. The minimum absolute atomic E-state index is 0.135. The average Bonchev–Trinajstić information content (AvgIpc) is 2.36. The van der Waals surface area contributed by atoms with Gasteiger partial charge in [0.05, 0.1) is 0 Å². The molecule has 0 saturated carbocycles. The SMILES string of the molecule is CCCCCCCCCCNC(=O)OC(Cl)C(C)C. The summed E-state index contributed by atoms with van der Waals surface area (Å²) in [6.07, 6.45) is 9.67. The van der Waals surface area contributed by atoms with Crippen LogP contribution in [0.15, 0.2) is 0 Å². The molecule has 0 aliphatic rings. The number of rotatable bonds is 11. The highest BCUT2D eigenvalue weighted by atomic mass is 35.5. The number of unbranched alkanes of at least 4 members (excludes halogenated alkanes) is 7. The van der Waals surface area contributed by atoms with Crippen LogP contribution in [0.4, 0.5) is 4.79 Å². The van der Waals surface area contributed by atoms with Crippen LogP contribution >= 0.6 is 11.6 Å². The molecule has 0 radical (unpaired) electrons. The monoisotopic (exact) mass is 291 g/mol. The van der Waals surface area contributed by atoms with Gasteiger partial charge >= 0.3 is 6.09 Å². The second kappa shape index (κ2) is 12.6. The molecule has 0 fully saturated rings. The van der Waals surface area contributed by atoms with E-state index in [2.05, 4.69) is 12.2 Å². The van der Waals surface area contributed by atoms with Gasteiger partial charge in [0.1, 0.15) is 0 Å². The first kappa shape index (κ1) is 18.6. The summed E-state index contributed by atoms with van der Waals surface area (Å²) < 4.78 is 5.00. The lowest BCUT2D eigenvalue weighted by molar-refractivity contribution is 0.114. The Bertz CT molecular complexity index is 222. The fraction of sp³-hybridized carbons (Fsp3) is 0.933. The summed E-state index contributed by atoms with van der Waals surface area (Å²) in [7, 11) is 0. The van der Waals surface area contributed by atoms with E-state index >= 15 is 0 Å². The van der Waals surface area contributed by atoms with Gasteiger partial charge in [0.25, 0.3) is 0 Å². The highest BCUT2D eigenvalue weighted by Gasteiger charge is 2.14. The quantitative estimate of drug-likeness (QED) is 0.426. The van der Waals surface area contributed by atoms with E-state index in [0.29, 0.717) is 6.54 Å². The summed E-state index contributed by atoms with van der Waals surface area (Å²) in [4.78, 5) is 11.3. The van der Waals surface area contributed by atoms with Gasteiger partial charge in [0, 0.05) is 12.5 Å². The van der Waals surface area contributed by atoms with Gasteiger partial charge in [-0.15, -0.1) is 0 Å². The van der Waals surface area contributed by atoms with Crippen LogP contribution in [0.2, 0.25) is 0 Å². The molecule has 0 bridgehead atoms. The number of amides is 1. The summed E-state index contributed by atoms with van der Waals surface area (Å²) in [6.45, 7) is 6.75. The fourth-order valence-corrected chi connectivity index (χ4v) is 1.81. The topological polar surface area (TPSA) is 38.3 Å². The van der Waals surface area contributed by atoms with Crippen LogP contribution in [0.5, 0.6) is 0 Å². The van der Waals surface area contributed by atoms with Crippen LogP contribution in [-0.2, 0) is 4.74 Å². The van der Waals surface area contributed by atoms with E-state index in [1.165, 1.54) is 44.9 Å². The number of alkyl halides is 1. The van der Waals surface area contributed by atoms with Gasteiger partial charge in [0.2, 0.25) is 0 Å². The van der Waals surface area contributed by atoms with Crippen LogP contribution in [0.25, 0.3) is 0 Å². The van der Waals surface area contributed by atoms with E-state index < -0.39 is 11.7 Å². The summed E-state index contributed by atoms with van der Waals surface area (Å²) in [5, 5.41) is 2.73. The van der Waals surface area contributed by atoms with Gasteiger partial charge in [-0.25, -0.2) is 4.79 Å². The van der Waals surface area contributed by atoms with Gasteiger partial charge in [0.15, 0.2) is 5.56 Å². The van der Waals surface area contributed by atoms with Crippen LogP contribution in [0.3, 0.4) is 0 Å². The Morgan fingerprint density at radius 2 is 1.58 bits per heavy atom. The number of carbonyl (C=O) groups excluding carboxylic acids is 1. The highest BCUT2D eigenvalue weighted by molar-refractivity contribution is 6.20. The van der Waals surface area contributed by atoms with Crippen molar-refractivity contribution in [2.45, 2.75) is 77.7 Å². The molecule has 0 saturated heterocycles. The van der Waals surface area contributed by atoms with E-state index in [1.807, 2.05) is 13.8 Å². The molecule has 0 aliphatic carbocycles. The van der Waals surface area contributed by atoms with E-state index in [-0.39, 0.29) is 5.92 Å². The molecule has 114 valence electrons. The smallest absolute Gasteiger partial charge is 0.408 e. The Balaban J connectivity index is 3.27. The van der Waals surface area contributed by atoms with E-state index in [9.17, 15) is 4.79 Å². The maximum Gasteiger partial charge on any atom is 0.408 e. The lowest BCUT2D eigenvalue weighted by Crippen LogP contribution is -2.29. The Hall–Kier alpha value is -0.440. The first-order valence-corrected chi connectivity index (χ1v) is 8.10. The van der Waals surface area contributed by atoms with Crippen molar-refractivity contribution >= 4 is 17.7 Å².